The van der Waals surface area contributed by atoms with Crippen LogP contribution >= 0.6 is 0 Å². The van der Waals surface area contributed by atoms with E-state index in [2.05, 4.69) is 0 Å². The first-order valence-corrected chi connectivity index (χ1v) is 5.52. The lowest BCUT2D eigenvalue weighted by molar-refractivity contribution is 0.0946. The van der Waals surface area contributed by atoms with Crippen molar-refractivity contribution in [3.63, 3.8) is 0 Å². The van der Waals surface area contributed by atoms with Crippen molar-refractivity contribution in [2.24, 2.45) is 0 Å². The van der Waals surface area contributed by atoms with Gasteiger partial charge in [-0.15, -0.1) is 0 Å². The summed E-state index contributed by atoms with van der Waals surface area (Å²) in [5.41, 5.74) is 1.30. The average Bonchev–Trinajstić information content (AvgIpc) is 2.24. The molecule has 0 amide bonds. The highest BCUT2D eigenvalue weighted by Crippen LogP contribution is 2.13. The predicted octanol–water partition coefficient (Wildman–Crippen LogP) is 3.13. The second kappa shape index (κ2) is 6.38. The number of aryl methyl sites for hydroxylation is 1. The third-order valence-electron chi connectivity index (χ3n) is 2.39. The monoisotopic (exact) mass is 224 g/mol. The molecule has 0 saturated heterocycles. The van der Waals surface area contributed by atoms with Crippen LogP contribution in [0, 0.1) is 12.7 Å². The fourth-order valence-electron chi connectivity index (χ4n) is 1.55. The van der Waals surface area contributed by atoms with E-state index in [1.54, 1.807) is 13.0 Å². The second-order valence-corrected chi connectivity index (χ2v) is 3.68. The molecule has 0 N–H and O–H groups in total. The van der Waals surface area contributed by atoms with E-state index < -0.39 is 0 Å². The van der Waals surface area contributed by atoms with Crippen LogP contribution in [-0.2, 0) is 4.74 Å². The minimum atomic E-state index is -0.302. The van der Waals surface area contributed by atoms with Crippen LogP contribution in [0.25, 0.3) is 0 Å². The van der Waals surface area contributed by atoms with Crippen LogP contribution < -0.4 is 0 Å². The number of ether oxygens (including phenoxy) is 1. The molecule has 0 aromatic heterocycles. The van der Waals surface area contributed by atoms with Gasteiger partial charge < -0.3 is 4.74 Å². The van der Waals surface area contributed by atoms with Crippen molar-refractivity contribution in [1.29, 1.82) is 0 Å². The van der Waals surface area contributed by atoms with E-state index in [4.69, 9.17) is 4.74 Å². The van der Waals surface area contributed by atoms with Crippen LogP contribution in [0.1, 0.15) is 35.7 Å². The smallest absolute Gasteiger partial charge is 0.163 e. The highest BCUT2D eigenvalue weighted by molar-refractivity contribution is 5.97. The Morgan fingerprint density at radius 2 is 2.19 bits per heavy atom. The minimum absolute atomic E-state index is 0.0530. The van der Waals surface area contributed by atoms with Gasteiger partial charge in [0.05, 0.1) is 0 Å². The van der Waals surface area contributed by atoms with Gasteiger partial charge in [0.25, 0.3) is 0 Å². The number of benzene rings is 1. The van der Waals surface area contributed by atoms with Crippen LogP contribution in [0.2, 0.25) is 0 Å². The molecule has 1 aromatic rings. The van der Waals surface area contributed by atoms with Crippen molar-refractivity contribution in [2.75, 3.05) is 13.2 Å². The fourth-order valence-corrected chi connectivity index (χ4v) is 1.55. The summed E-state index contributed by atoms with van der Waals surface area (Å²) >= 11 is 0. The molecular formula is C13H17FO2. The highest BCUT2D eigenvalue weighted by Gasteiger charge is 2.09. The molecule has 0 aliphatic carbocycles. The van der Waals surface area contributed by atoms with E-state index in [-0.39, 0.29) is 11.6 Å². The summed E-state index contributed by atoms with van der Waals surface area (Å²) in [4.78, 5) is 11.8. The van der Waals surface area contributed by atoms with Gasteiger partial charge in [-0.1, -0.05) is 0 Å². The first kappa shape index (κ1) is 12.8. The van der Waals surface area contributed by atoms with Gasteiger partial charge in [-0.3, -0.25) is 4.79 Å². The van der Waals surface area contributed by atoms with Gasteiger partial charge in [-0.2, -0.15) is 0 Å². The van der Waals surface area contributed by atoms with Crippen molar-refractivity contribution < 1.29 is 13.9 Å². The Morgan fingerprint density at radius 3 is 2.81 bits per heavy atom. The number of carbonyl (C=O) groups excluding carboxylic acids is 1. The molecule has 0 aliphatic rings. The lowest BCUT2D eigenvalue weighted by atomic mass is 10.0. The number of hydrogen-bond donors (Lipinski definition) is 0. The molecule has 0 unspecified atom stereocenters. The normalized spacial score (nSPS) is 10.4. The average molecular weight is 224 g/mol. The number of hydrogen-bond acceptors (Lipinski definition) is 2. The van der Waals surface area contributed by atoms with E-state index in [0.29, 0.717) is 37.2 Å². The first-order chi connectivity index (χ1) is 7.65. The summed E-state index contributed by atoms with van der Waals surface area (Å²) in [5, 5.41) is 0. The summed E-state index contributed by atoms with van der Waals surface area (Å²) in [7, 11) is 0. The molecule has 1 aromatic carbocycles. The summed E-state index contributed by atoms with van der Waals surface area (Å²) in [5.74, 6) is -0.249. The van der Waals surface area contributed by atoms with Crippen molar-refractivity contribution >= 4 is 5.78 Å². The lowest BCUT2D eigenvalue weighted by Gasteiger charge is -2.05. The molecule has 16 heavy (non-hydrogen) atoms. The number of carbonyl (C=O) groups is 1. The van der Waals surface area contributed by atoms with Gasteiger partial charge in [0.1, 0.15) is 5.82 Å². The summed E-state index contributed by atoms with van der Waals surface area (Å²) in [6.45, 7) is 4.94. The Hall–Kier alpha value is -1.22. The molecule has 0 saturated carbocycles. The van der Waals surface area contributed by atoms with E-state index in [1.807, 2.05) is 6.92 Å². The Labute approximate surface area is 95.4 Å². The van der Waals surface area contributed by atoms with E-state index in [1.165, 1.54) is 12.1 Å². The Kier molecular flexibility index (Phi) is 5.12. The third kappa shape index (κ3) is 3.74. The molecule has 1 rings (SSSR count). The van der Waals surface area contributed by atoms with Crippen LogP contribution in [0.5, 0.6) is 0 Å². The molecule has 88 valence electrons. The SMILES string of the molecule is CCOCCCC(=O)c1ccc(F)cc1C. The Bertz CT molecular complexity index is 361. The topological polar surface area (TPSA) is 26.3 Å². The lowest BCUT2D eigenvalue weighted by Crippen LogP contribution is -2.04. The van der Waals surface area contributed by atoms with Crippen molar-refractivity contribution in [1.82, 2.24) is 0 Å². The summed E-state index contributed by atoms with van der Waals surface area (Å²) < 4.78 is 18.0. The fraction of sp³-hybridized carbons (Fsp3) is 0.462. The second-order valence-electron chi connectivity index (χ2n) is 3.68. The van der Waals surface area contributed by atoms with Gasteiger partial charge in [-0.05, 0) is 44.0 Å². The van der Waals surface area contributed by atoms with E-state index in [9.17, 15) is 9.18 Å². The largest absolute Gasteiger partial charge is 0.382 e. The number of ketones is 1. The Morgan fingerprint density at radius 1 is 1.44 bits per heavy atom. The highest BCUT2D eigenvalue weighted by atomic mass is 19.1. The van der Waals surface area contributed by atoms with E-state index >= 15 is 0 Å². The zero-order valence-electron chi connectivity index (χ0n) is 9.75. The standard InChI is InChI=1S/C13H17FO2/c1-3-16-8-4-5-13(15)12-7-6-11(14)9-10(12)2/h6-7,9H,3-5,8H2,1-2H3. The van der Waals surface area contributed by atoms with Crippen LogP contribution in [0.15, 0.2) is 18.2 Å². The molecule has 0 fully saturated rings. The van der Waals surface area contributed by atoms with Crippen molar-refractivity contribution in [2.45, 2.75) is 26.7 Å². The van der Waals surface area contributed by atoms with Gasteiger partial charge >= 0.3 is 0 Å². The number of halogens is 1. The van der Waals surface area contributed by atoms with Crippen LogP contribution in [-0.4, -0.2) is 19.0 Å². The molecule has 0 bridgehead atoms. The minimum Gasteiger partial charge on any atom is -0.382 e. The van der Waals surface area contributed by atoms with Gasteiger partial charge in [0.15, 0.2) is 5.78 Å². The maximum atomic E-state index is 12.8. The van der Waals surface area contributed by atoms with Gasteiger partial charge in [-0.25, -0.2) is 4.39 Å². The van der Waals surface area contributed by atoms with Gasteiger partial charge in [0, 0.05) is 25.2 Å². The molecule has 3 heteroatoms. The summed E-state index contributed by atoms with van der Waals surface area (Å²) in [6.07, 6.45) is 1.16. The number of rotatable bonds is 6. The molecule has 0 spiro atoms. The molecule has 0 atom stereocenters. The number of Topliss-reactive ketones (excluding diaryl/α,β-unsaturated/α-hetero) is 1. The maximum absolute atomic E-state index is 12.8. The van der Waals surface area contributed by atoms with Crippen molar-refractivity contribution in [3.05, 3.63) is 35.1 Å². The molecule has 0 aliphatic heterocycles. The molecule has 0 heterocycles. The molecule has 2 nitrogen and oxygen atoms in total. The van der Waals surface area contributed by atoms with Crippen molar-refractivity contribution in [3.8, 4) is 0 Å². The third-order valence-corrected chi connectivity index (χ3v) is 2.39. The van der Waals surface area contributed by atoms with E-state index in [0.717, 1.165) is 0 Å². The Balaban J connectivity index is 2.53. The molecule has 0 radical (unpaired) electrons. The maximum Gasteiger partial charge on any atom is 0.163 e. The first-order valence-electron chi connectivity index (χ1n) is 5.52. The zero-order chi connectivity index (χ0) is 12.0. The quantitative estimate of drug-likeness (QED) is 0.548. The van der Waals surface area contributed by atoms with Crippen LogP contribution in [0.4, 0.5) is 4.39 Å². The summed E-state index contributed by atoms with van der Waals surface area (Å²) in [6, 6.07) is 4.26. The van der Waals surface area contributed by atoms with Gasteiger partial charge in [0.2, 0.25) is 0 Å². The molecular weight excluding hydrogens is 207 g/mol. The predicted molar refractivity (Wildman–Crippen MR) is 61.2 cm³/mol. The zero-order valence-corrected chi connectivity index (χ0v) is 9.75. The van der Waals surface area contributed by atoms with Crippen LogP contribution in [0.3, 0.4) is 0 Å².